The first-order chi connectivity index (χ1) is 4.34. The van der Waals surface area contributed by atoms with Gasteiger partial charge >= 0.3 is 5.91 Å². The molecular weight excluding hydrogens is 118 g/mol. The maximum Gasteiger partial charge on any atom is 0.320 e. The summed E-state index contributed by atoms with van der Waals surface area (Å²) in [7, 11) is 1.43. The van der Waals surface area contributed by atoms with Crippen LogP contribution >= 0.6 is 0 Å². The quantitative estimate of drug-likeness (QED) is 0.502. The van der Waals surface area contributed by atoms with Crippen molar-refractivity contribution in [1.82, 2.24) is 0 Å². The zero-order valence-corrected chi connectivity index (χ0v) is 4.92. The molecule has 0 aromatic carbocycles. The zero-order valence-electron chi connectivity index (χ0n) is 4.92. The molecule has 0 aliphatic carbocycles. The van der Waals surface area contributed by atoms with E-state index in [1.165, 1.54) is 19.3 Å². The number of amides is 1. The largest absolute Gasteiger partial charge is 0.491 e. The summed E-state index contributed by atoms with van der Waals surface area (Å²) in [6.07, 6.45) is 3.05. The van der Waals surface area contributed by atoms with Crippen LogP contribution in [0.25, 0.3) is 0 Å². The number of ether oxygens (including phenoxy) is 1. The van der Waals surface area contributed by atoms with E-state index in [-0.39, 0.29) is 11.7 Å². The molecule has 46 valence electrons. The van der Waals surface area contributed by atoms with Crippen molar-refractivity contribution >= 4 is 11.8 Å². The van der Waals surface area contributed by atoms with Crippen molar-refractivity contribution in [2.75, 3.05) is 7.11 Å². The van der Waals surface area contributed by atoms with Crippen LogP contribution in [0.15, 0.2) is 22.9 Å². The van der Waals surface area contributed by atoms with E-state index in [2.05, 4.69) is 15.6 Å². The van der Waals surface area contributed by atoms with Gasteiger partial charge in [0.05, 0.1) is 7.11 Å². The first kappa shape index (κ1) is 5.79. The van der Waals surface area contributed by atoms with E-state index in [1.807, 2.05) is 0 Å². The van der Waals surface area contributed by atoms with Crippen molar-refractivity contribution in [2.45, 2.75) is 0 Å². The lowest BCUT2D eigenvalue weighted by Gasteiger charge is -1.98. The number of rotatable bonds is 1. The van der Waals surface area contributed by atoms with E-state index < -0.39 is 0 Å². The van der Waals surface area contributed by atoms with Crippen LogP contribution in [0.5, 0.6) is 0 Å². The summed E-state index contributed by atoms with van der Waals surface area (Å²) in [4.78, 5) is 13.9. The highest BCUT2D eigenvalue weighted by atomic mass is 16.5. The summed E-state index contributed by atoms with van der Waals surface area (Å²) in [5, 5.41) is 0. The molecular formula is C6H5NO2. The fraction of sp³-hybridized carbons (Fsp3) is 0.167. The van der Waals surface area contributed by atoms with Crippen molar-refractivity contribution in [1.29, 1.82) is 0 Å². The maximum absolute atomic E-state index is 10.6. The highest BCUT2D eigenvalue weighted by molar-refractivity contribution is 5.98. The molecule has 0 radical (unpaired) electrons. The fourth-order valence-electron chi connectivity index (χ4n) is 0.491. The Morgan fingerprint density at radius 3 is 3.00 bits per heavy atom. The molecule has 1 aliphatic rings. The normalized spacial score (nSPS) is 15.7. The van der Waals surface area contributed by atoms with Crippen molar-refractivity contribution in [2.24, 2.45) is 4.99 Å². The van der Waals surface area contributed by atoms with Gasteiger partial charge in [-0.25, -0.2) is 0 Å². The summed E-state index contributed by atoms with van der Waals surface area (Å²) in [6, 6.07) is 0. The third-order valence-electron chi connectivity index (χ3n) is 0.906. The Balaban J connectivity index is 2.89. The van der Waals surface area contributed by atoms with E-state index >= 15 is 0 Å². The molecule has 1 aliphatic heterocycles. The second kappa shape index (κ2) is 2.29. The average Bonchev–Trinajstić information content (AvgIpc) is 1.89. The summed E-state index contributed by atoms with van der Waals surface area (Å²) in [5.41, 5.74) is 0. The first-order valence-electron chi connectivity index (χ1n) is 2.42. The second-order valence-electron chi connectivity index (χ2n) is 1.45. The number of hydrogen-bond donors (Lipinski definition) is 0. The number of methoxy groups -OCH3 is 1. The topological polar surface area (TPSA) is 38.7 Å². The lowest BCUT2D eigenvalue weighted by molar-refractivity contribution is -0.117. The SMILES string of the molecule is COC1=CC=C=NC1=O. The lowest BCUT2D eigenvalue weighted by Crippen LogP contribution is -2.02. The van der Waals surface area contributed by atoms with Gasteiger partial charge in [-0.05, 0) is 11.9 Å². The summed E-state index contributed by atoms with van der Waals surface area (Å²) >= 11 is 0. The minimum absolute atomic E-state index is 0.258. The Morgan fingerprint density at radius 1 is 1.78 bits per heavy atom. The number of aliphatic imine (C=N–C) groups is 1. The van der Waals surface area contributed by atoms with E-state index in [9.17, 15) is 4.79 Å². The van der Waals surface area contributed by atoms with Gasteiger partial charge in [0.25, 0.3) is 0 Å². The van der Waals surface area contributed by atoms with Crippen LogP contribution in [0.4, 0.5) is 0 Å². The summed E-state index contributed by atoms with van der Waals surface area (Å²) in [5.74, 6) is 2.28. The Hall–Kier alpha value is -1.34. The molecule has 0 spiro atoms. The van der Waals surface area contributed by atoms with Crippen LogP contribution in [0.3, 0.4) is 0 Å². The summed E-state index contributed by atoms with van der Waals surface area (Å²) < 4.78 is 4.65. The molecule has 1 heterocycles. The zero-order chi connectivity index (χ0) is 6.69. The molecule has 9 heavy (non-hydrogen) atoms. The van der Waals surface area contributed by atoms with Gasteiger partial charge in [0.15, 0.2) is 5.76 Å². The van der Waals surface area contributed by atoms with Gasteiger partial charge in [-0.2, -0.15) is 4.99 Å². The lowest BCUT2D eigenvalue weighted by atomic mass is 10.4. The third-order valence-corrected chi connectivity index (χ3v) is 0.906. The summed E-state index contributed by atoms with van der Waals surface area (Å²) in [6.45, 7) is 0. The van der Waals surface area contributed by atoms with Crippen LogP contribution in [0, 0.1) is 0 Å². The van der Waals surface area contributed by atoms with Gasteiger partial charge in [-0.3, -0.25) is 4.79 Å². The van der Waals surface area contributed by atoms with Crippen molar-refractivity contribution in [3.05, 3.63) is 17.9 Å². The molecule has 0 aromatic heterocycles. The number of hydrogen-bond acceptors (Lipinski definition) is 2. The molecule has 0 fully saturated rings. The highest BCUT2D eigenvalue weighted by Crippen LogP contribution is 2.00. The highest BCUT2D eigenvalue weighted by Gasteiger charge is 2.07. The van der Waals surface area contributed by atoms with Crippen LogP contribution in [0.1, 0.15) is 0 Å². The number of allylic oxidation sites excluding steroid dienone is 2. The molecule has 1 amide bonds. The molecule has 1 rings (SSSR count). The predicted molar refractivity (Wildman–Crippen MR) is 32.1 cm³/mol. The van der Waals surface area contributed by atoms with Gasteiger partial charge in [-0.1, -0.05) is 0 Å². The van der Waals surface area contributed by atoms with Crippen LogP contribution in [0.2, 0.25) is 0 Å². The first-order valence-corrected chi connectivity index (χ1v) is 2.42. The Morgan fingerprint density at radius 2 is 2.56 bits per heavy atom. The predicted octanol–water partition coefficient (Wildman–Crippen LogP) is 0.283. The standard InChI is InChI=1S/C6H5NO2/c1-9-5-3-2-4-7-6(5)8/h2-3H,1H3. The van der Waals surface area contributed by atoms with E-state index in [0.29, 0.717) is 0 Å². The number of nitrogens with zero attached hydrogens (tertiary/aromatic N) is 1. The van der Waals surface area contributed by atoms with Crippen molar-refractivity contribution < 1.29 is 9.53 Å². The maximum atomic E-state index is 10.6. The van der Waals surface area contributed by atoms with Gasteiger partial charge in [0, 0.05) is 6.08 Å². The molecule has 0 N–H and O–H groups in total. The average molecular weight is 123 g/mol. The van der Waals surface area contributed by atoms with Crippen LogP contribution in [-0.4, -0.2) is 18.9 Å². The van der Waals surface area contributed by atoms with Gasteiger partial charge in [0.1, 0.15) is 0 Å². The third kappa shape index (κ3) is 1.06. The van der Waals surface area contributed by atoms with Gasteiger partial charge in [0.2, 0.25) is 0 Å². The minimum Gasteiger partial charge on any atom is -0.491 e. The van der Waals surface area contributed by atoms with E-state index in [0.717, 1.165) is 0 Å². The fourth-order valence-corrected chi connectivity index (χ4v) is 0.491. The molecule has 3 nitrogen and oxygen atoms in total. The van der Waals surface area contributed by atoms with E-state index in [1.54, 1.807) is 0 Å². The van der Waals surface area contributed by atoms with Crippen LogP contribution in [-0.2, 0) is 9.53 Å². The monoisotopic (exact) mass is 123 g/mol. The Labute approximate surface area is 52.3 Å². The molecule has 0 aromatic rings. The van der Waals surface area contributed by atoms with E-state index in [4.69, 9.17) is 0 Å². The van der Waals surface area contributed by atoms with Crippen molar-refractivity contribution in [3.8, 4) is 0 Å². The molecule has 0 atom stereocenters. The Kier molecular flexibility index (Phi) is 1.47. The molecule has 3 heteroatoms. The molecule has 0 saturated heterocycles. The Bertz CT molecular complexity index is 221. The van der Waals surface area contributed by atoms with Crippen molar-refractivity contribution in [3.63, 3.8) is 0 Å². The van der Waals surface area contributed by atoms with Crippen LogP contribution < -0.4 is 0 Å². The second-order valence-corrected chi connectivity index (χ2v) is 1.45. The smallest absolute Gasteiger partial charge is 0.320 e. The number of carbonyl (C=O) groups is 1. The minimum atomic E-state index is -0.375. The number of carbonyl (C=O) groups excluding carboxylic acids is 1. The molecule has 0 unspecified atom stereocenters. The van der Waals surface area contributed by atoms with Gasteiger partial charge in [-0.15, -0.1) is 0 Å². The van der Waals surface area contributed by atoms with Gasteiger partial charge < -0.3 is 4.74 Å². The molecule has 0 saturated carbocycles. The molecule has 0 bridgehead atoms.